The van der Waals surface area contributed by atoms with Gasteiger partial charge in [0.15, 0.2) is 0 Å². The number of amides is 6. The van der Waals surface area contributed by atoms with Crippen LogP contribution in [0.15, 0.2) is 109 Å². The highest BCUT2D eigenvalue weighted by Gasteiger charge is 2.44. The van der Waals surface area contributed by atoms with E-state index in [2.05, 4.69) is 73.2 Å². The van der Waals surface area contributed by atoms with E-state index in [9.17, 15) is 28.8 Å². The van der Waals surface area contributed by atoms with Crippen LogP contribution >= 0.6 is 0 Å². The minimum atomic E-state index is -0.910. The summed E-state index contributed by atoms with van der Waals surface area (Å²) in [5.74, 6) is -1.20. The van der Waals surface area contributed by atoms with E-state index in [0.29, 0.717) is 50.1 Å². The molecule has 14 nitrogen and oxygen atoms in total. The summed E-state index contributed by atoms with van der Waals surface area (Å²) in [4.78, 5) is 85.7. The molecular formula is C62H72N6O8. The quantitative estimate of drug-likeness (QED) is 0.0755. The molecule has 0 saturated carbocycles. The van der Waals surface area contributed by atoms with Crippen molar-refractivity contribution in [2.24, 2.45) is 0 Å². The third-order valence-electron chi connectivity index (χ3n) is 15.9. The number of hydrogen-bond acceptors (Lipinski definition) is 8. The molecule has 2 saturated heterocycles. The molecular weight excluding hydrogens is 957 g/mol. The zero-order valence-corrected chi connectivity index (χ0v) is 44.8. The predicted molar refractivity (Wildman–Crippen MR) is 295 cm³/mol. The summed E-state index contributed by atoms with van der Waals surface area (Å²) < 4.78 is 10.3. The largest absolute Gasteiger partial charge is 0.450 e. The molecule has 4 aliphatic rings. The first-order valence-corrected chi connectivity index (χ1v) is 27.2. The molecule has 5 aromatic rings. The standard InChI is InChI=1S/C62H72N6O8/c1-7-75-59(73)65-47(35-39-19-11-9-12-20-39)57(71)67-33-17-27-49(67)55(69)63-43-25-15-23-41(37-43)51-45-29-31-62(5,6)54(45)52(46-30-32-61(3,4)53(46)51)42-24-16-26-44(38-42)64-56(70)50-28-18-34-68(50)58(72)48(66-60(74)76-8-2)36-40-21-13-10-14-22-40/h9-16,19-26,37-38,47-50H,7-8,17-18,27-36H2,1-6H3,(H,63,69)(H,64,70)(H,65,73)(H,66,74)/t47-,48-,49-,50-/m0/s1. The fourth-order valence-electron chi connectivity index (χ4n) is 12.3. The second kappa shape index (κ2) is 22.8. The fourth-order valence-corrected chi connectivity index (χ4v) is 12.3. The van der Waals surface area contributed by atoms with Crippen LogP contribution in [-0.2, 0) is 65.2 Å². The highest BCUT2D eigenvalue weighted by atomic mass is 16.6. The lowest BCUT2D eigenvalue weighted by Gasteiger charge is -2.31. The summed E-state index contributed by atoms with van der Waals surface area (Å²) in [5, 5.41) is 11.9. The van der Waals surface area contributed by atoms with E-state index in [1.54, 1.807) is 23.6 Å². The Balaban J connectivity index is 0.983. The zero-order valence-electron chi connectivity index (χ0n) is 44.8. The number of carbonyl (C=O) groups is 6. The molecule has 0 spiro atoms. The van der Waals surface area contributed by atoms with Gasteiger partial charge in [0.05, 0.1) is 13.2 Å². The van der Waals surface area contributed by atoms with Gasteiger partial charge in [-0.25, -0.2) is 9.59 Å². The van der Waals surface area contributed by atoms with Crippen LogP contribution in [0.5, 0.6) is 0 Å². The molecule has 9 rings (SSSR count). The van der Waals surface area contributed by atoms with Crippen molar-refractivity contribution in [3.05, 3.63) is 143 Å². The van der Waals surface area contributed by atoms with Gasteiger partial charge in [-0.3, -0.25) is 19.2 Å². The first-order chi connectivity index (χ1) is 36.6. The number of hydrogen-bond donors (Lipinski definition) is 4. The molecule has 2 aliphatic carbocycles. The number of carbonyl (C=O) groups excluding carboxylic acids is 6. The molecule has 4 N–H and O–H groups in total. The van der Waals surface area contributed by atoms with Gasteiger partial charge >= 0.3 is 12.2 Å². The Morgan fingerprint density at radius 3 is 1.33 bits per heavy atom. The fraction of sp³-hybridized carbons (Fsp3) is 0.419. The van der Waals surface area contributed by atoms with Crippen LogP contribution in [-0.4, -0.2) is 96.1 Å². The number of nitrogens with zero attached hydrogens (tertiary/aromatic N) is 2. The van der Waals surface area contributed by atoms with Crippen LogP contribution in [0.25, 0.3) is 22.3 Å². The topological polar surface area (TPSA) is 175 Å². The molecule has 0 bridgehead atoms. The average molecular weight is 1030 g/mol. The number of ether oxygens (including phenoxy) is 2. The van der Waals surface area contributed by atoms with E-state index in [-0.39, 0.29) is 60.5 Å². The minimum absolute atomic E-state index is 0.163. The van der Waals surface area contributed by atoms with Gasteiger partial charge in [-0.05, 0) is 156 Å². The number of benzene rings is 5. The Morgan fingerprint density at radius 1 is 0.553 bits per heavy atom. The smallest absolute Gasteiger partial charge is 0.407 e. The van der Waals surface area contributed by atoms with Gasteiger partial charge in [0.2, 0.25) is 23.6 Å². The summed E-state index contributed by atoms with van der Waals surface area (Å²) in [6, 6.07) is 31.9. The van der Waals surface area contributed by atoms with E-state index in [1.807, 2.05) is 84.9 Å². The van der Waals surface area contributed by atoms with Crippen molar-refractivity contribution >= 4 is 47.2 Å². The maximum absolute atomic E-state index is 14.3. The van der Waals surface area contributed by atoms with Gasteiger partial charge in [0.1, 0.15) is 24.2 Å². The maximum atomic E-state index is 14.3. The van der Waals surface area contributed by atoms with Crippen LogP contribution < -0.4 is 21.3 Å². The SMILES string of the molecule is CCOC(=O)N[C@@H](Cc1ccccc1)C(=O)N1CCC[C@H]1C(=O)Nc1cccc(-c2c3c(c(-c4cccc(NC(=O)[C@@H]5CCCN5C(=O)[C@H](Cc5ccccc5)NC(=O)OCC)c4)c4c2C(C)(C)CC4)C(C)(C)CC3)c1. The summed E-state index contributed by atoms with van der Waals surface area (Å²) in [5.41, 5.74) is 12.3. The van der Waals surface area contributed by atoms with Crippen LogP contribution in [0.1, 0.15) is 113 Å². The molecule has 2 aliphatic heterocycles. The molecule has 14 heteroatoms. The van der Waals surface area contributed by atoms with Crippen LogP contribution in [0.2, 0.25) is 0 Å². The number of nitrogens with one attached hydrogen (secondary N) is 4. The second-order valence-corrected chi connectivity index (χ2v) is 22.0. The van der Waals surface area contributed by atoms with Crippen molar-refractivity contribution in [3.63, 3.8) is 0 Å². The van der Waals surface area contributed by atoms with Crippen molar-refractivity contribution in [2.75, 3.05) is 36.9 Å². The second-order valence-electron chi connectivity index (χ2n) is 22.0. The van der Waals surface area contributed by atoms with Crippen molar-refractivity contribution in [2.45, 2.75) is 141 Å². The molecule has 398 valence electrons. The van der Waals surface area contributed by atoms with E-state index in [4.69, 9.17) is 9.47 Å². The van der Waals surface area contributed by atoms with Gasteiger partial charge in [-0.1, -0.05) is 113 Å². The van der Waals surface area contributed by atoms with Gasteiger partial charge in [0.25, 0.3) is 0 Å². The maximum Gasteiger partial charge on any atom is 0.407 e. The first kappa shape index (κ1) is 53.3. The van der Waals surface area contributed by atoms with Gasteiger partial charge in [0, 0.05) is 37.3 Å². The summed E-state index contributed by atoms with van der Waals surface area (Å²) >= 11 is 0. The summed E-state index contributed by atoms with van der Waals surface area (Å²) in [6.45, 7) is 13.8. The molecule has 4 atom stereocenters. The average Bonchev–Trinajstić information content (AvgIpc) is 4.24. The third-order valence-corrected chi connectivity index (χ3v) is 15.9. The van der Waals surface area contributed by atoms with Crippen molar-refractivity contribution in [1.82, 2.24) is 20.4 Å². The zero-order chi connectivity index (χ0) is 53.7. The highest BCUT2D eigenvalue weighted by Crippen LogP contribution is 2.56. The lowest BCUT2D eigenvalue weighted by atomic mass is 9.73. The molecule has 6 amide bonds. The number of anilines is 2. The van der Waals surface area contributed by atoms with Gasteiger partial charge in [-0.2, -0.15) is 0 Å². The molecule has 2 heterocycles. The van der Waals surface area contributed by atoms with E-state index in [1.165, 1.54) is 33.4 Å². The third kappa shape index (κ3) is 11.4. The Morgan fingerprint density at radius 2 is 0.947 bits per heavy atom. The normalized spacial score (nSPS) is 18.7. The summed E-state index contributed by atoms with van der Waals surface area (Å²) in [7, 11) is 0. The molecule has 5 aromatic carbocycles. The van der Waals surface area contributed by atoms with Gasteiger partial charge < -0.3 is 40.5 Å². The van der Waals surface area contributed by atoms with Crippen LogP contribution in [0.4, 0.5) is 21.0 Å². The van der Waals surface area contributed by atoms with Gasteiger partial charge in [-0.15, -0.1) is 0 Å². The summed E-state index contributed by atoms with van der Waals surface area (Å²) in [6.07, 6.45) is 5.08. The number of fused-ring (bicyclic) bond motifs is 2. The molecule has 0 radical (unpaired) electrons. The number of alkyl carbamates (subject to hydrolysis) is 2. The number of rotatable bonds is 16. The predicted octanol–water partition coefficient (Wildman–Crippen LogP) is 10.0. The first-order valence-electron chi connectivity index (χ1n) is 27.2. The minimum Gasteiger partial charge on any atom is -0.450 e. The van der Waals surface area contributed by atoms with Crippen LogP contribution in [0.3, 0.4) is 0 Å². The highest BCUT2D eigenvalue weighted by molar-refractivity contribution is 6.01. The Bertz CT molecular complexity index is 2790. The van der Waals surface area contributed by atoms with Crippen LogP contribution in [0, 0.1) is 0 Å². The Hall–Kier alpha value is -7.48. The monoisotopic (exact) mass is 1030 g/mol. The number of likely N-dealkylation sites (tertiary alicyclic amines) is 2. The van der Waals surface area contributed by atoms with Crippen molar-refractivity contribution in [3.8, 4) is 22.3 Å². The molecule has 0 aromatic heterocycles. The van der Waals surface area contributed by atoms with E-state index >= 15 is 0 Å². The Kier molecular flexibility index (Phi) is 16.0. The molecule has 0 unspecified atom stereocenters. The lowest BCUT2D eigenvalue weighted by molar-refractivity contribution is -0.138. The van der Waals surface area contributed by atoms with Crippen molar-refractivity contribution in [1.29, 1.82) is 0 Å². The molecule has 76 heavy (non-hydrogen) atoms. The molecule has 2 fully saturated rings. The lowest BCUT2D eigenvalue weighted by Crippen LogP contribution is -2.53. The van der Waals surface area contributed by atoms with E-state index < -0.39 is 36.4 Å². The van der Waals surface area contributed by atoms with E-state index in [0.717, 1.165) is 47.9 Å². The van der Waals surface area contributed by atoms with Crippen molar-refractivity contribution < 1.29 is 38.2 Å². The Labute approximate surface area is 446 Å².